The zero-order chi connectivity index (χ0) is 7.28. The van der Waals surface area contributed by atoms with Gasteiger partial charge in [-0.05, 0) is 6.42 Å². The van der Waals surface area contributed by atoms with Crippen LogP contribution in [0.3, 0.4) is 0 Å². The van der Waals surface area contributed by atoms with Crippen LogP contribution >= 0.6 is 0 Å². The van der Waals surface area contributed by atoms with Crippen molar-refractivity contribution in [2.24, 2.45) is 0 Å². The summed E-state index contributed by atoms with van der Waals surface area (Å²) in [6.07, 6.45) is 2.23. The molecule has 0 aliphatic heterocycles. The van der Waals surface area contributed by atoms with Gasteiger partial charge >= 0.3 is 0 Å². The van der Waals surface area contributed by atoms with Crippen molar-refractivity contribution in [2.75, 3.05) is 0 Å². The van der Waals surface area contributed by atoms with E-state index in [-0.39, 0.29) is 11.5 Å². The number of aliphatic hydroxyl groups excluding tert-OH is 1. The molecule has 0 aliphatic rings. The molecule has 0 radical (unpaired) electrons. The number of unbranched alkanes of at least 4 members (excludes halogenated alkanes) is 1. The maximum atomic E-state index is 10.6. The van der Waals surface area contributed by atoms with Crippen LogP contribution in [0.1, 0.15) is 26.2 Å². The number of allylic oxidation sites excluding steroid dienone is 1. The Hall–Kier alpha value is -0.790. The zero-order valence-electron chi connectivity index (χ0n) is 5.68. The quantitative estimate of drug-likeness (QED) is 0.463. The molecule has 0 spiro atoms. The molecule has 0 saturated carbocycles. The minimum absolute atomic E-state index is 0.239. The van der Waals surface area contributed by atoms with E-state index >= 15 is 0 Å². The lowest BCUT2D eigenvalue weighted by atomic mass is 10.2. The van der Waals surface area contributed by atoms with Crippen LogP contribution in [-0.4, -0.2) is 10.9 Å². The first kappa shape index (κ1) is 8.21. The lowest BCUT2D eigenvalue weighted by Crippen LogP contribution is -1.99. The summed E-state index contributed by atoms with van der Waals surface area (Å²) in [6, 6.07) is 0. The van der Waals surface area contributed by atoms with Crippen LogP contribution in [0.5, 0.6) is 0 Å². The molecule has 0 bridgehead atoms. The number of hydrogen-bond acceptors (Lipinski definition) is 2. The molecule has 0 aromatic rings. The molecule has 0 aliphatic carbocycles. The summed E-state index contributed by atoms with van der Waals surface area (Å²) in [4.78, 5) is 10.6. The molecule has 0 aromatic carbocycles. The average molecular weight is 128 g/mol. The number of rotatable bonds is 4. The van der Waals surface area contributed by atoms with Gasteiger partial charge in [0.1, 0.15) is 0 Å². The normalized spacial score (nSPS) is 9.00. The van der Waals surface area contributed by atoms with Crippen LogP contribution < -0.4 is 0 Å². The summed E-state index contributed by atoms with van der Waals surface area (Å²) in [5.41, 5.74) is 0. The highest BCUT2D eigenvalue weighted by Crippen LogP contribution is 1.98. The third-order valence-corrected chi connectivity index (χ3v) is 1.08. The maximum absolute atomic E-state index is 10.6. The summed E-state index contributed by atoms with van der Waals surface area (Å²) in [5.74, 6) is -0.555. The van der Waals surface area contributed by atoms with Crippen molar-refractivity contribution in [3.63, 3.8) is 0 Å². The van der Waals surface area contributed by atoms with Crippen molar-refractivity contribution >= 4 is 5.78 Å². The van der Waals surface area contributed by atoms with Gasteiger partial charge in [-0.1, -0.05) is 19.9 Å². The van der Waals surface area contributed by atoms with Gasteiger partial charge in [-0.3, -0.25) is 4.79 Å². The summed E-state index contributed by atoms with van der Waals surface area (Å²) >= 11 is 0. The van der Waals surface area contributed by atoms with Crippen molar-refractivity contribution < 1.29 is 9.90 Å². The lowest BCUT2D eigenvalue weighted by molar-refractivity contribution is -0.118. The van der Waals surface area contributed by atoms with Gasteiger partial charge in [0.05, 0.1) is 0 Å². The van der Waals surface area contributed by atoms with Crippen LogP contribution in [-0.2, 0) is 4.79 Å². The first-order valence-electron chi connectivity index (χ1n) is 3.09. The largest absolute Gasteiger partial charge is 0.505 e. The highest BCUT2D eigenvalue weighted by Gasteiger charge is 2.01. The maximum Gasteiger partial charge on any atom is 0.196 e. The van der Waals surface area contributed by atoms with Gasteiger partial charge < -0.3 is 5.11 Å². The highest BCUT2D eigenvalue weighted by molar-refractivity contribution is 5.92. The second-order valence-electron chi connectivity index (χ2n) is 1.97. The summed E-state index contributed by atoms with van der Waals surface area (Å²) < 4.78 is 0. The molecule has 9 heavy (non-hydrogen) atoms. The standard InChI is InChI=1S/C7H12O2/c1-3-4-5-7(9)6(2)8/h8H,2-5H2,1H3. The van der Waals surface area contributed by atoms with Crippen LogP contribution in [0.4, 0.5) is 0 Å². The number of carbonyl (C=O) groups excluding carboxylic acids is 1. The predicted octanol–water partition coefficient (Wildman–Crippen LogP) is 1.82. The molecule has 0 atom stereocenters. The minimum atomic E-state index is -0.316. The summed E-state index contributed by atoms with van der Waals surface area (Å²) in [5, 5.41) is 8.50. The zero-order valence-corrected chi connectivity index (χ0v) is 5.68. The fraction of sp³-hybridized carbons (Fsp3) is 0.571. The minimum Gasteiger partial charge on any atom is -0.505 e. The number of carbonyl (C=O) groups is 1. The molecule has 0 amide bonds. The Balaban J connectivity index is 3.39. The van der Waals surface area contributed by atoms with Crippen molar-refractivity contribution in [1.29, 1.82) is 0 Å². The Labute approximate surface area is 55.2 Å². The van der Waals surface area contributed by atoms with Crippen molar-refractivity contribution in [3.05, 3.63) is 12.3 Å². The Kier molecular flexibility index (Phi) is 3.76. The fourth-order valence-electron chi connectivity index (χ4n) is 0.482. The van der Waals surface area contributed by atoms with E-state index in [0.717, 1.165) is 12.8 Å². The molecule has 0 unspecified atom stereocenters. The Morgan fingerprint density at radius 2 is 2.22 bits per heavy atom. The second kappa shape index (κ2) is 4.13. The van der Waals surface area contributed by atoms with Crippen LogP contribution in [0.25, 0.3) is 0 Å². The first-order chi connectivity index (χ1) is 4.18. The molecule has 0 saturated heterocycles. The van der Waals surface area contributed by atoms with E-state index in [0.29, 0.717) is 6.42 Å². The number of Topliss-reactive ketones (excluding diaryl/α,β-unsaturated/α-hetero) is 1. The third-order valence-electron chi connectivity index (χ3n) is 1.08. The lowest BCUT2D eigenvalue weighted by Gasteiger charge is -1.93. The van der Waals surface area contributed by atoms with Crippen LogP contribution in [0.2, 0.25) is 0 Å². The van der Waals surface area contributed by atoms with Crippen molar-refractivity contribution in [1.82, 2.24) is 0 Å². The monoisotopic (exact) mass is 128 g/mol. The first-order valence-corrected chi connectivity index (χ1v) is 3.09. The number of hydrogen-bond donors (Lipinski definition) is 1. The molecular formula is C7H12O2. The molecule has 2 heteroatoms. The van der Waals surface area contributed by atoms with Crippen molar-refractivity contribution in [3.8, 4) is 0 Å². The number of aliphatic hydroxyl groups is 1. The third kappa shape index (κ3) is 3.76. The van der Waals surface area contributed by atoms with Gasteiger partial charge in [-0.15, -0.1) is 0 Å². The van der Waals surface area contributed by atoms with Gasteiger partial charge in [0, 0.05) is 6.42 Å². The van der Waals surface area contributed by atoms with Gasteiger partial charge in [0.15, 0.2) is 11.5 Å². The van der Waals surface area contributed by atoms with E-state index in [1.165, 1.54) is 0 Å². The van der Waals surface area contributed by atoms with Crippen LogP contribution in [0, 0.1) is 0 Å². The molecule has 1 N–H and O–H groups in total. The summed E-state index contributed by atoms with van der Waals surface area (Å²) in [7, 11) is 0. The smallest absolute Gasteiger partial charge is 0.196 e. The van der Waals surface area contributed by atoms with E-state index in [2.05, 4.69) is 6.58 Å². The molecular weight excluding hydrogens is 116 g/mol. The highest BCUT2D eigenvalue weighted by atomic mass is 16.3. The predicted molar refractivity (Wildman–Crippen MR) is 36.3 cm³/mol. The summed E-state index contributed by atoms with van der Waals surface area (Å²) in [6.45, 7) is 5.11. The van der Waals surface area contributed by atoms with E-state index in [1.807, 2.05) is 6.92 Å². The Morgan fingerprint density at radius 1 is 1.67 bits per heavy atom. The fourth-order valence-corrected chi connectivity index (χ4v) is 0.482. The van der Waals surface area contributed by atoms with Gasteiger partial charge in [0.2, 0.25) is 0 Å². The van der Waals surface area contributed by atoms with Gasteiger partial charge in [-0.25, -0.2) is 0 Å². The molecule has 2 nitrogen and oxygen atoms in total. The van der Waals surface area contributed by atoms with Crippen molar-refractivity contribution in [2.45, 2.75) is 26.2 Å². The van der Waals surface area contributed by atoms with Gasteiger partial charge in [-0.2, -0.15) is 0 Å². The molecule has 0 aromatic heterocycles. The molecule has 0 rings (SSSR count). The van der Waals surface area contributed by atoms with E-state index in [4.69, 9.17) is 5.11 Å². The SMILES string of the molecule is C=C(O)C(=O)CCCC. The average Bonchev–Trinajstić information content (AvgIpc) is 1.82. The molecule has 0 heterocycles. The van der Waals surface area contributed by atoms with E-state index in [9.17, 15) is 4.79 Å². The molecule has 52 valence electrons. The Bertz CT molecular complexity index is 116. The van der Waals surface area contributed by atoms with E-state index < -0.39 is 0 Å². The molecule has 0 fully saturated rings. The second-order valence-corrected chi connectivity index (χ2v) is 1.97. The number of ketones is 1. The van der Waals surface area contributed by atoms with E-state index in [1.54, 1.807) is 0 Å². The van der Waals surface area contributed by atoms with Gasteiger partial charge in [0.25, 0.3) is 0 Å². The van der Waals surface area contributed by atoms with Crippen LogP contribution in [0.15, 0.2) is 12.3 Å². The topological polar surface area (TPSA) is 37.3 Å². The Morgan fingerprint density at radius 3 is 2.56 bits per heavy atom.